The quantitative estimate of drug-likeness (QED) is 0.576. The molecular weight excluding hydrogens is 208 g/mol. The van der Waals surface area contributed by atoms with Crippen molar-refractivity contribution in [1.29, 1.82) is 5.26 Å². The van der Waals surface area contributed by atoms with Gasteiger partial charge in [-0.25, -0.2) is 0 Å². The van der Waals surface area contributed by atoms with Crippen LogP contribution in [0.5, 0.6) is 0 Å². The Labute approximate surface area is 95.4 Å². The molecule has 0 heterocycles. The number of alkyl halides is 1. The molecule has 0 saturated carbocycles. The van der Waals surface area contributed by atoms with Gasteiger partial charge in [0.1, 0.15) is 0 Å². The molecule has 2 nitrogen and oxygen atoms in total. The first-order valence-corrected chi connectivity index (χ1v) is 5.14. The average Bonchev–Trinajstić information content (AvgIpc) is 2.29. The van der Waals surface area contributed by atoms with Gasteiger partial charge >= 0.3 is 0 Å². The van der Waals surface area contributed by atoms with Crippen molar-refractivity contribution >= 4 is 17.3 Å². The number of rotatable bonds is 4. The number of hydrogen-bond acceptors (Lipinski definition) is 2. The van der Waals surface area contributed by atoms with Crippen LogP contribution in [0, 0.1) is 11.3 Å². The highest BCUT2D eigenvalue weighted by atomic mass is 35.5. The van der Waals surface area contributed by atoms with E-state index in [4.69, 9.17) is 16.9 Å². The fourth-order valence-corrected chi connectivity index (χ4v) is 1.34. The van der Waals surface area contributed by atoms with E-state index in [9.17, 15) is 0 Å². The van der Waals surface area contributed by atoms with Gasteiger partial charge in [-0.15, -0.1) is 11.6 Å². The van der Waals surface area contributed by atoms with Crippen LogP contribution in [0.2, 0.25) is 0 Å². The Bertz CT molecular complexity index is 376. The predicted octanol–water partition coefficient (Wildman–Crippen LogP) is 2.79. The van der Waals surface area contributed by atoms with Gasteiger partial charge in [0.15, 0.2) is 0 Å². The van der Waals surface area contributed by atoms with E-state index in [0.717, 1.165) is 17.8 Å². The minimum atomic E-state index is 0.473. The number of anilines is 1. The molecule has 0 saturated heterocycles. The van der Waals surface area contributed by atoms with Crippen LogP contribution in [-0.2, 0) is 0 Å². The fourth-order valence-electron chi connectivity index (χ4n) is 1.26. The van der Waals surface area contributed by atoms with Crippen LogP contribution < -0.4 is 4.90 Å². The number of benzene rings is 1. The van der Waals surface area contributed by atoms with E-state index >= 15 is 0 Å². The topological polar surface area (TPSA) is 27.0 Å². The normalized spacial score (nSPS) is 9.40. The van der Waals surface area contributed by atoms with Crippen molar-refractivity contribution in [2.45, 2.75) is 0 Å². The van der Waals surface area contributed by atoms with Gasteiger partial charge < -0.3 is 4.90 Å². The molecule has 0 N–H and O–H groups in total. The lowest BCUT2D eigenvalue weighted by Crippen LogP contribution is -2.20. The average molecular weight is 221 g/mol. The number of nitrogens with zero attached hydrogens (tertiary/aromatic N) is 2. The van der Waals surface area contributed by atoms with Crippen LogP contribution in [0.3, 0.4) is 0 Å². The summed E-state index contributed by atoms with van der Waals surface area (Å²) < 4.78 is 0. The van der Waals surface area contributed by atoms with E-state index < -0.39 is 0 Å². The molecule has 78 valence electrons. The van der Waals surface area contributed by atoms with E-state index in [0.29, 0.717) is 11.4 Å². The van der Waals surface area contributed by atoms with Crippen LogP contribution in [0.15, 0.2) is 36.4 Å². The molecule has 0 atom stereocenters. The van der Waals surface area contributed by atoms with Crippen molar-refractivity contribution in [3.8, 4) is 6.07 Å². The molecule has 1 rings (SSSR count). The summed E-state index contributed by atoms with van der Waals surface area (Å²) in [5, 5.41) is 8.66. The molecule has 0 aromatic heterocycles. The number of hydrogen-bond donors (Lipinski definition) is 0. The van der Waals surface area contributed by atoms with Gasteiger partial charge in [-0.3, -0.25) is 0 Å². The second kappa shape index (κ2) is 5.43. The number of halogens is 1. The first-order valence-electron chi connectivity index (χ1n) is 4.61. The summed E-state index contributed by atoms with van der Waals surface area (Å²) in [5.74, 6) is 0.473. The molecule has 0 radical (unpaired) electrons. The van der Waals surface area contributed by atoms with Crippen molar-refractivity contribution in [3.05, 3.63) is 42.0 Å². The Balaban J connectivity index is 2.70. The zero-order chi connectivity index (χ0) is 11.3. The Hall–Kier alpha value is -1.46. The molecule has 3 heteroatoms. The van der Waals surface area contributed by atoms with E-state index in [1.54, 1.807) is 12.1 Å². The predicted molar refractivity (Wildman–Crippen MR) is 64.3 cm³/mol. The molecule has 0 aliphatic carbocycles. The zero-order valence-electron chi connectivity index (χ0n) is 8.70. The molecular formula is C12H13ClN2. The van der Waals surface area contributed by atoms with E-state index in [1.165, 1.54) is 0 Å². The van der Waals surface area contributed by atoms with Gasteiger partial charge in [0.2, 0.25) is 0 Å². The van der Waals surface area contributed by atoms with Gasteiger partial charge in [-0.2, -0.15) is 5.26 Å². The first kappa shape index (κ1) is 11.6. The lowest BCUT2D eigenvalue weighted by Gasteiger charge is -2.19. The standard InChI is InChI=1S/C12H13ClN2/c1-10(7-13)9-15(2)12-5-3-11(8-14)4-6-12/h3-6H,1,7,9H2,2H3. The van der Waals surface area contributed by atoms with Gasteiger partial charge in [-0.05, 0) is 29.8 Å². The Morgan fingerprint density at radius 3 is 2.53 bits per heavy atom. The summed E-state index contributed by atoms with van der Waals surface area (Å²) in [6.45, 7) is 4.58. The molecule has 0 spiro atoms. The molecule has 0 aliphatic rings. The van der Waals surface area contributed by atoms with Crippen molar-refractivity contribution in [1.82, 2.24) is 0 Å². The van der Waals surface area contributed by atoms with E-state index in [2.05, 4.69) is 12.6 Å². The summed E-state index contributed by atoms with van der Waals surface area (Å²) in [6, 6.07) is 9.52. The molecule has 15 heavy (non-hydrogen) atoms. The van der Waals surface area contributed by atoms with Gasteiger partial charge in [0.05, 0.1) is 11.6 Å². The zero-order valence-corrected chi connectivity index (χ0v) is 9.46. The van der Waals surface area contributed by atoms with Gasteiger partial charge in [-0.1, -0.05) is 6.58 Å². The fraction of sp³-hybridized carbons (Fsp3) is 0.250. The van der Waals surface area contributed by atoms with Gasteiger partial charge in [0.25, 0.3) is 0 Å². The third kappa shape index (κ3) is 3.30. The third-order valence-electron chi connectivity index (χ3n) is 2.09. The van der Waals surface area contributed by atoms with Crippen LogP contribution in [0.25, 0.3) is 0 Å². The molecule has 0 aliphatic heterocycles. The Morgan fingerprint density at radius 1 is 1.47 bits per heavy atom. The highest BCUT2D eigenvalue weighted by Crippen LogP contribution is 2.14. The van der Waals surface area contributed by atoms with Crippen molar-refractivity contribution in [3.63, 3.8) is 0 Å². The van der Waals surface area contributed by atoms with Crippen molar-refractivity contribution in [2.75, 3.05) is 24.4 Å². The maximum absolute atomic E-state index is 8.66. The molecule has 1 aromatic rings. The largest absolute Gasteiger partial charge is 0.371 e. The molecule has 0 unspecified atom stereocenters. The SMILES string of the molecule is C=C(CCl)CN(C)c1ccc(C#N)cc1. The lowest BCUT2D eigenvalue weighted by molar-refractivity contribution is 0.987. The smallest absolute Gasteiger partial charge is 0.0991 e. The van der Waals surface area contributed by atoms with Crippen LogP contribution in [-0.4, -0.2) is 19.5 Å². The highest BCUT2D eigenvalue weighted by molar-refractivity contribution is 6.19. The summed E-state index contributed by atoms with van der Waals surface area (Å²) in [5.41, 5.74) is 2.70. The maximum atomic E-state index is 8.66. The van der Waals surface area contributed by atoms with Crippen LogP contribution >= 0.6 is 11.6 Å². The summed E-state index contributed by atoms with van der Waals surface area (Å²) in [7, 11) is 1.97. The molecule has 0 fully saturated rings. The summed E-state index contributed by atoms with van der Waals surface area (Å²) in [6.07, 6.45) is 0. The maximum Gasteiger partial charge on any atom is 0.0991 e. The van der Waals surface area contributed by atoms with E-state index in [-0.39, 0.29) is 0 Å². The number of likely N-dealkylation sites (N-methyl/N-ethyl adjacent to an activating group) is 1. The second-order valence-corrected chi connectivity index (χ2v) is 3.67. The van der Waals surface area contributed by atoms with Crippen LogP contribution in [0.1, 0.15) is 5.56 Å². The summed E-state index contributed by atoms with van der Waals surface area (Å²) >= 11 is 5.66. The third-order valence-corrected chi connectivity index (χ3v) is 2.46. The molecule has 0 bridgehead atoms. The Kier molecular flexibility index (Phi) is 4.20. The molecule has 0 amide bonds. The first-order chi connectivity index (χ1) is 7.17. The molecule has 1 aromatic carbocycles. The lowest BCUT2D eigenvalue weighted by atomic mass is 10.2. The van der Waals surface area contributed by atoms with Gasteiger partial charge in [0, 0.05) is 25.2 Å². The van der Waals surface area contributed by atoms with Crippen molar-refractivity contribution in [2.24, 2.45) is 0 Å². The minimum Gasteiger partial charge on any atom is -0.371 e. The Morgan fingerprint density at radius 2 is 2.07 bits per heavy atom. The second-order valence-electron chi connectivity index (χ2n) is 3.40. The highest BCUT2D eigenvalue weighted by Gasteiger charge is 2.02. The van der Waals surface area contributed by atoms with Crippen molar-refractivity contribution < 1.29 is 0 Å². The van der Waals surface area contributed by atoms with Crippen LogP contribution in [0.4, 0.5) is 5.69 Å². The number of nitriles is 1. The summed E-state index contributed by atoms with van der Waals surface area (Å²) in [4.78, 5) is 2.05. The monoisotopic (exact) mass is 220 g/mol. The van der Waals surface area contributed by atoms with E-state index in [1.807, 2.05) is 24.1 Å². The minimum absolute atomic E-state index is 0.473.